The summed E-state index contributed by atoms with van der Waals surface area (Å²) >= 11 is 0. The molecule has 0 bridgehead atoms. The summed E-state index contributed by atoms with van der Waals surface area (Å²) in [5, 5.41) is 0. The molecule has 5 nitrogen and oxygen atoms in total. The normalized spacial score (nSPS) is 14.1. The molecule has 0 unspecified atom stereocenters. The number of fused-ring (bicyclic) bond motifs is 1. The molecule has 0 saturated heterocycles. The van der Waals surface area contributed by atoms with E-state index in [1.54, 1.807) is 0 Å². The lowest BCUT2D eigenvalue weighted by atomic mass is 10.3. The maximum absolute atomic E-state index is 13.4. The van der Waals surface area contributed by atoms with Gasteiger partial charge in [-0.3, -0.25) is 0 Å². The van der Waals surface area contributed by atoms with Crippen LogP contribution in [0.3, 0.4) is 0 Å². The highest BCUT2D eigenvalue weighted by Gasteiger charge is 2.21. The van der Waals surface area contributed by atoms with Crippen LogP contribution in [0.15, 0.2) is 12.1 Å². The number of benzene rings is 1. The minimum atomic E-state index is -1.10. The predicted octanol–water partition coefficient (Wildman–Crippen LogP) is 1.44. The summed E-state index contributed by atoms with van der Waals surface area (Å²) in [5.74, 6) is -0.624. The van der Waals surface area contributed by atoms with E-state index in [9.17, 15) is 9.18 Å². The third-order valence-corrected chi connectivity index (χ3v) is 2.02. The molecule has 0 saturated carbocycles. The van der Waals surface area contributed by atoms with E-state index in [0.717, 1.165) is 6.07 Å². The van der Waals surface area contributed by atoms with Gasteiger partial charge in [-0.2, -0.15) is 0 Å². The zero-order valence-corrected chi connectivity index (χ0v) is 8.36. The fraction of sp³-hybridized carbons (Fsp3) is 0.300. The van der Waals surface area contributed by atoms with E-state index in [0.29, 0.717) is 25.4 Å². The molecule has 1 amide bonds. The largest absolute Gasteiger partial charge is 0.489 e. The van der Waals surface area contributed by atoms with Crippen molar-refractivity contribution in [1.29, 1.82) is 0 Å². The summed E-state index contributed by atoms with van der Waals surface area (Å²) in [7, 11) is 0. The molecular weight excluding hydrogens is 217 g/mol. The van der Waals surface area contributed by atoms with E-state index >= 15 is 0 Å². The summed E-state index contributed by atoms with van der Waals surface area (Å²) in [6.45, 7) is 0.834. The average molecular weight is 227 g/mol. The van der Waals surface area contributed by atoms with Crippen LogP contribution in [0.2, 0.25) is 0 Å². The van der Waals surface area contributed by atoms with Gasteiger partial charge in [-0.15, -0.1) is 0 Å². The highest BCUT2D eigenvalue weighted by atomic mass is 19.1. The lowest BCUT2D eigenvalue weighted by Crippen LogP contribution is -2.17. The van der Waals surface area contributed by atoms with Crippen molar-refractivity contribution in [2.24, 2.45) is 5.73 Å². The highest BCUT2D eigenvalue weighted by Crippen LogP contribution is 2.40. The van der Waals surface area contributed by atoms with E-state index in [2.05, 4.69) is 4.74 Å². The van der Waals surface area contributed by atoms with Crippen LogP contribution >= 0.6 is 0 Å². The van der Waals surface area contributed by atoms with Crippen LogP contribution in [-0.2, 0) is 0 Å². The van der Waals surface area contributed by atoms with Gasteiger partial charge in [0.2, 0.25) is 11.5 Å². The summed E-state index contributed by atoms with van der Waals surface area (Å²) in [5.41, 5.74) is 4.84. The standard InChI is InChI=1S/C10H10FNO4/c11-6-2-3-7-9(8(6)16-10(12)13)15-5-1-4-14-7/h2-3H,1,4-5H2,(H2,12,13). The van der Waals surface area contributed by atoms with Crippen molar-refractivity contribution in [3.05, 3.63) is 17.9 Å². The van der Waals surface area contributed by atoms with E-state index < -0.39 is 11.9 Å². The molecule has 1 aromatic carbocycles. The van der Waals surface area contributed by atoms with Gasteiger partial charge in [0.1, 0.15) is 0 Å². The van der Waals surface area contributed by atoms with Gasteiger partial charge in [0, 0.05) is 6.42 Å². The predicted molar refractivity (Wildman–Crippen MR) is 52.2 cm³/mol. The maximum atomic E-state index is 13.4. The fourth-order valence-electron chi connectivity index (χ4n) is 1.38. The van der Waals surface area contributed by atoms with Crippen LogP contribution in [-0.4, -0.2) is 19.3 Å². The molecular formula is C10H10FNO4. The number of nitrogens with two attached hydrogens (primary N) is 1. The van der Waals surface area contributed by atoms with Gasteiger partial charge in [-0.1, -0.05) is 0 Å². The van der Waals surface area contributed by atoms with Gasteiger partial charge >= 0.3 is 6.09 Å². The van der Waals surface area contributed by atoms with Crippen LogP contribution in [0.5, 0.6) is 17.2 Å². The van der Waals surface area contributed by atoms with Gasteiger partial charge in [0.05, 0.1) is 13.2 Å². The molecule has 0 aromatic heterocycles. The lowest BCUT2D eigenvalue weighted by molar-refractivity contribution is 0.204. The van der Waals surface area contributed by atoms with E-state index in [-0.39, 0.29) is 11.5 Å². The van der Waals surface area contributed by atoms with Crippen molar-refractivity contribution < 1.29 is 23.4 Å². The number of primary amides is 1. The van der Waals surface area contributed by atoms with Gasteiger partial charge < -0.3 is 19.9 Å². The van der Waals surface area contributed by atoms with Crippen molar-refractivity contribution in [1.82, 2.24) is 0 Å². The zero-order valence-electron chi connectivity index (χ0n) is 8.36. The first-order valence-electron chi connectivity index (χ1n) is 4.74. The molecule has 1 heterocycles. The monoisotopic (exact) mass is 227 g/mol. The van der Waals surface area contributed by atoms with E-state index in [4.69, 9.17) is 15.2 Å². The van der Waals surface area contributed by atoms with Gasteiger partial charge in [-0.05, 0) is 12.1 Å². The first-order valence-corrected chi connectivity index (χ1v) is 4.74. The Bertz CT molecular complexity index is 422. The molecule has 2 rings (SSSR count). The van der Waals surface area contributed by atoms with Crippen LogP contribution < -0.4 is 19.9 Å². The average Bonchev–Trinajstić information content (AvgIpc) is 2.47. The number of rotatable bonds is 1. The molecule has 1 aliphatic heterocycles. The lowest BCUT2D eigenvalue weighted by Gasteiger charge is -2.11. The smallest absolute Gasteiger partial charge is 0.410 e. The van der Waals surface area contributed by atoms with Crippen LogP contribution in [0.4, 0.5) is 9.18 Å². The van der Waals surface area contributed by atoms with Crippen molar-refractivity contribution >= 4 is 6.09 Å². The molecule has 2 N–H and O–H groups in total. The number of amides is 1. The van der Waals surface area contributed by atoms with Crippen LogP contribution in [0, 0.1) is 5.82 Å². The molecule has 1 aliphatic rings. The van der Waals surface area contributed by atoms with Crippen molar-refractivity contribution in [2.45, 2.75) is 6.42 Å². The topological polar surface area (TPSA) is 70.8 Å². The molecule has 0 fully saturated rings. The first-order chi connectivity index (χ1) is 7.68. The Hall–Kier alpha value is -1.98. The molecule has 86 valence electrons. The zero-order chi connectivity index (χ0) is 11.5. The Kier molecular flexibility index (Phi) is 2.80. The maximum Gasteiger partial charge on any atom is 0.410 e. The molecule has 0 spiro atoms. The Morgan fingerprint density at radius 2 is 2.12 bits per heavy atom. The van der Waals surface area contributed by atoms with Crippen molar-refractivity contribution in [3.8, 4) is 17.2 Å². The minimum Gasteiger partial charge on any atom is -0.489 e. The minimum absolute atomic E-state index is 0.0799. The fourth-order valence-corrected chi connectivity index (χ4v) is 1.38. The SMILES string of the molecule is NC(=O)Oc1c(F)ccc2c1OCCCO2. The second-order valence-corrected chi connectivity index (χ2v) is 3.18. The number of hydrogen-bond acceptors (Lipinski definition) is 4. The second-order valence-electron chi connectivity index (χ2n) is 3.18. The van der Waals surface area contributed by atoms with Crippen molar-refractivity contribution in [3.63, 3.8) is 0 Å². The Balaban J connectivity index is 2.44. The molecule has 6 heteroatoms. The Morgan fingerprint density at radius 3 is 2.88 bits per heavy atom. The Labute approximate surface area is 90.9 Å². The molecule has 0 aliphatic carbocycles. The number of carbonyl (C=O) groups is 1. The van der Waals surface area contributed by atoms with Crippen LogP contribution in [0.1, 0.15) is 6.42 Å². The summed E-state index contributed by atoms with van der Waals surface area (Å²) in [4.78, 5) is 10.6. The van der Waals surface area contributed by atoms with Crippen molar-refractivity contribution in [2.75, 3.05) is 13.2 Å². The number of hydrogen-bond donors (Lipinski definition) is 1. The third kappa shape index (κ3) is 2.00. The molecule has 16 heavy (non-hydrogen) atoms. The summed E-state index contributed by atoms with van der Waals surface area (Å²) in [6.07, 6.45) is -0.424. The summed E-state index contributed by atoms with van der Waals surface area (Å²) in [6, 6.07) is 2.55. The van der Waals surface area contributed by atoms with Crippen LogP contribution in [0.25, 0.3) is 0 Å². The van der Waals surface area contributed by atoms with Gasteiger partial charge in [0.25, 0.3) is 0 Å². The van der Waals surface area contributed by atoms with Gasteiger partial charge in [0.15, 0.2) is 11.6 Å². The molecule has 1 aromatic rings. The van der Waals surface area contributed by atoms with E-state index in [1.807, 2.05) is 0 Å². The first kappa shape index (κ1) is 10.5. The molecule has 0 atom stereocenters. The van der Waals surface area contributed by atoms with E-state index in [1.165, 1.54) is 6.07 Å². The Morgan fingerprint density at radius 1 is 1.38 bits per heavy atom. The number of ether oxygens (including phenoxy) is 3. The number of carbonyl (C=O) groups excluding carboxylic acids is 1. The highest BCUT2D eigenvalue weighted by molar-refractivity contribution is 5.70. The second kappa shape index (κ2) is 4.26. The van der Waals surface area contributed by atoms with Gasteiger partial charge in [-0.25, -0.2) is 9.18 Å². The summed E-state index contributed by atoms with van der Waals surface area (Å²) < 4.78 is 28.5. The third-order valence-electron chi connectivity index (χ3n) is 2.02. The quantitative estimate of drug-likeness (QED) is 0.788. The number of halogens is 1. The molecule has 0 radical (unpaired) electrons.